The van der Waals surface area contributed by atoms with Crippen LogP contribution >= 0.6 is 0 Å². The number of hydrogen-bond acceptors (Lipinski definition) is 5. The number of carboxylic acid groups (broad SMARTS) is 1. The van der Waals surface area contributed by atoms with Crippen molar-refractivity contribution < 1.29 is 27.9 Å². The van der Waals surface area contributed by atoms with Crippen molar-refractivity contribution in [1.82, 2.24) is 10.2 Å². The first-order valence-electron chi connectivity index (χ1n) is 13.9. The lowest BCUT2D eigenvalue weighted by molar-refractivity contribution is -0.138. The van der Waals surface area contributed by atoms with E-state index in [4.69, 9.17) is 0 Å². The van der Waals surface area contributed by atoms with E-state index in [-0.39, 0.29) is 23.8 Å². The lowest BCUT2D eigenvalue weighted by atomic mass is 9.91. The zero-order chi connectivity index (χ0) is 29.4. The van der Waals surface area contributed by atoms with E-state index in [9.17, 15) is 27.9 Å². The van der Waals surface area contributed by atoms with Crippen LogP contribution in [0.2, 0.25) is 0 Å². The Balaban J connectivity index is 1.54. The third-order valence-electron chi connectivity index (χ3n) is 7.42. The Labute approximate surface area is 241 Å². The molecule has 1 fully saturated rings. The summed E-state index contributed by atoms with van der Waals surface area (Å²) in [5.41, 5.74) is 3.77. The largest absolute Gasteiger partial charge is 0.480 e. The molecule has 0 unspecified atom stereocenters. The van der Waals surface area contributed by atoms with Crippen molar-refractivity contribution in [3.8, 4) is 11.1 Å². The molecule has 41 heavy (non-hydrogen) atoms. The van der Waals surface area contributed by atoms with Crippen LogP contribution in [0.5, 0.6) is 0 Å². The van der Waals surface area contributed by atoms with Crippen LogP contribution in [-0.4, -0.2) is 53.9 Å². The lowest BCUT2D eigenvalue weighted by Gasteiger charge is -2.25. The number of aliphatic carboxylic acids is 1. The predicted molar refractivity (Wildman–Crippen MR) is 158 cm³/mol. The number of carbonyl (C=O) groups excluding carboxylic acids is 2. The number of nitrogens with zero attached hydrogens (tertiary/aromatic N) is 1. The van der Waals surface area contributed by atoms with Crippen LogP contribution in [-0.2, 0) is 21.2 Å². The summed E-state index contributed by atoms with van der Waals surface area (Å²) in [6.07, 6.45) is 4.59. The average molecular weight is 577 g/mol. The second-order valence-electron chi connectivity index (χ2n) is 10.7. The first-order valence-corrected chi connectivity index (χ1v) is 15.7. The number of carbonyl (C=O) groups is 3. The standard InChI is InChI=1S/C32H36N2O6S/c1-23-12-14-24(15-13-23)20-34(30(35)28-18-16-27(17-19-28)26-10-6-3-7-11-26)32(38)33-29(31(36)37)22-41(39,40)21-25-8-4-2-5-9-25/h3,6-7,10-19,25,29H,2,4-5,8-9,20-22H2,1H3,(H,33,38)(H,36,37)/t29-/m0/s1. The highest BCUT2D eigenvalue weighted by molar-refractivity contribution is 7.91. The second kappa shape index (κ2) is 13.6. The number of aryl methyl sites for hydroxylation is 1. The Kier molecular flexibility index (Phi) is 9.94. The van der Waals surface area contributed by atoms with Gasteiger partial charge >= 0.3 is 12.0 Å². The summed E-state index contributed by atoms with van der Waals surface area (Å²) in [6.45, 7) is 1.80. The molecule has 1 atom stereocenters. The Morgan fingerprint density at radius 3 is 2.10 bits per heavy atom. The Hall–Kier alpha value is -3.98. The molecule has 216 valence electrons. The molecular weight excluding hydrogens is 540 g/mol. The molecule has 1 aliphatic rings. The van der Waals surface area contributed by atoms with Crippen molar-refractivity contribution in [3.05, 3.63) is 95.6 Å². The van der Waals surface area contributed by atoms with E-state index in [1.165, 1.54) is 0 Å². The fourth-order valence-corrected chi connectivity index (χ4v) is 7.06. The minimum Gasteiger partial charge on any atom is -0.480 e. The van der Waals surface area contributed by atoms with Gasteiger partial charge < -0.3 is 10.4 Å². The van der Waals surface area contributed by atoms with Crippen LogP contribution in [0.15, 0.2) is 78.9 Å². The van der Waals surface area contributed by atoms with Gasteiger partial charge in [-0.25, -0.2) is 18.0 Å². The van der Waals surface area contributed by atoms with Gasteiger partial charge in [-0.3, -0.25) is 9.69 Å². The summed E-state index contributed by atoms with van der Waals surface area (Å²) in [5.74, 6) is -2.94. The lowest BCUT2D eigenvalue weighted by Crippen LogP contribution is -2.52. The van der Waals surface area contributed by atoms with Crippen molar-refractivity contribution in [2.24, 2.45) is 5.92 Å². The van der Waals surface area contributed by atoms with Gasteiger partial charge in [0, 0.05) is 5.56 Å². The molecule has 1 aliphatic carbocycles. The molecule has 3 amide bonds. The zero-order valence-corrected chi connectivity index (χ0v) is 24.0. The molecule has 4 rings (SSSR count). The number of sulfone groups is 1. The van der Waals surface area contributed by atoms with E-state index < -0.39 is 39.5 Å². The number of rotatable bonds is 10. The number of nitrogens with one attached hydrogen (secondary N) is 1. The second-order valence-corrected chi connectivity index (χ2v) is 12.9. The van der Waals surface area contributed by atoms with Crippen molar-refractivity contribution in [2.75, 3.05) is 11.5 Å². The minimum atomic E-state index is -3.76. The van der Waals surface area contributed by atoms with Crippen LogP contribution in [0.4, 0.5) is 4.79 Å². The molecular formula is C32H36N2O6S. The predicted octanol–water partition coefficient (Wildman–Crippen LogP) is 5.46. The molecule has 8 nitrogen and oxygen atoms in total. The fourth-order valence-electron chi connectivity index (χ4n) is 5.14. The minimum absolute atomic E-state index is 0.00244. The fraction of sp³-hybridized carbons (Fsp3) is 0.344. The maximum absolute atomic E-state index is 13.6. The Morgan fingerprint density at radius 2 is 1.49 bits per heavy atom. The van der Waals surface area contributed by atoms with Crippen LogP contribution in [0.25, 0.3) is 11.1 Å². The summed E-state index contributed by atoms with van der Waals surface area (Å²) in [6, 6.07) is 21.0. The highest BCUT2D eigenvalue weighted by atomic mass is 32.2. The van der Waals surface area contributed by atoms with Crippen LogP contribution in [0, 0.1) is 12.8 Å². The highest BCUT2D eigenvalue weighted by Crippen LogP contribution is 2.25. The summed E-state index contributed by atoms with van der Waals surface area (Å²) >= 11 is 0. The van der Waals surface area contributed by atoms with Crippen molar-refractivity contribution >= 4 is 27.7 Å². The summed E-state index contributed by atoms with van der Waals surface area (Å²) < 4.78 is 25.8. The Morgan fingerprint density at radius 1 is 0.878 bits per heavy atom. The number of hydrogen-bond donors (Lipinski definition) is 2. The average Bonchev–Trinajstić information content (AvgIpc) is 2.96. The van der Waals surface area contributed by atoms with Gasteiger partial charge in [0.25, 0.3) is 5.91 Å². The van der Waals surface area contributed by atoms with Crippen molar-refractivity contribution in [1.29, 1.82) is 0 Å². The number of imide groups is 1. The zero-order valence-electron chi connectivity index (χ0n) is 23.2. The van der Waals surface area contributed by atoms with Gasteiger partial charge in [0.15, 0.2) is 9.84 Å². The molecule has 0 saturated heterocycles. The molecule has 9 heteroatoms. The van der Waals surface area contributed by atoms with E-state index in [0.717, 1.165) is 53.7 Å². The van der Waals surface area contributed by atoms with Crippen LogP contribution in [0.1, 0.15) is 53.6 Å². The monoisotopic (exact) mass is 576 g/mol. The summed E-state index contributed by atoms with van der Waals surface area (Å²) in [4.78, 5) is 40.0. The number of urea groups is 1. The topological polar surface area (TPSA) is 121 Å². The van der Waals surface area contributed by atoms with Gasteiger partial charge in [-0.2, -0.15) is 0 Å². The molecule has 0 heterocycles. The first-order chi connectivity index (χ1) is 19.6. The SMILES string of the molecule is Cc1ccc(CN(C(=O)N[C@@H](CS(=O)(=O)CC2CCCCC2)C(=O)O)C(=O)c2ccc(-c3ccccc3)cc2)cc1. The molecule has 2 N–H and O–H groups in total. The van der Waals surface area contributed by atoms with Crippen LogP contribution in [0.3, 0.4) is 0 Å². The molecule has 0 bridgehead atoms. The molecule has 1 saturated carbocycles. The molecule has 3 aromatic rings. The van der Waals surface area contributed by atoms with Gasteiger partial charge in [0.2, 0.25) is 0 Å². The molecule has 0 aromatic heterocycles. The summed E-state index contributed by atoms with van der Waals surface area (Å²) in [5, 5.41) is 12.1. The normalized spacial score (nSPS) is 14.7. The summed E-state index contributed by atoms with van der Waals surface area (Å²) in [7, 11) is -3.76. The molecule has 0 aliphatic heterocycles. The van der Waals surface area contributed by atoms with Crippen molar-refractivity contribution in [3.63, 3.8) is 0 Å². The maximum atomic E-state index is 13.6. The van der Waals surface area contributed by atoms with Gasteiger partial charge in [-0.05, 0) is 54.5 Å². The highest BCUT2D eigenvalue weighted by Gasteiger charge is 2.32. The first kappa shape index (κ1) is 30.0. The van der Waals surface area contributed by atoms with Gasteiger partial charge in [-0.1, -0.05) is 91.6 Å². The Bertz CT molecular complexity index is 1450. The van der Waals surface area contributed by atoms with E-state index >= 15 is 0 Å². The maximum Gasteiger partial charge on any atom is 0.327 e. The van der Waals surface area contributed by atoms with Crippen LogP contribution < -0.4 is 5.32 Å². The third kappa shape index (κ3) is 8.50. The number of benzene rings is 3. The third-order valence-corrected chi connectivity index (χ3v) is 9.24. The van der Waals surface area contributed by atoms with E-state index in [2.05, 4.69) is 5.32 Å². The van der Waals surface area contributed by atoms with Gasteiger partial charge in [0.1, 0.15) is 6.04 Å². The smallest absolute Gasteiger partial charge is 0.327 e. The molecule has 0 spiro atoms. The molecule has 3 aromatic carbocycles. The molecule has 0 radical (unpaired) electrons. The van der Waals surface area contributed by atoms with E-state index in [0.29, 0.717) is 5.56 Å². The van der Waals surface area contributed by atoms with Crippen molar-refractivity contribution in [2.45, 2.75) is 51.6 Å². The van der Waals surface area contributed by atoms with E-state index in [1.807, 2.05) is 49.4 Å². The number of carboxylic acids is 1. The van der Waals surface area contributed by atoms with Gasteiger partial charge in [-0.15, -0.1) is 0 Å². The quantitative estimate of drug-likeness (QED) is 0.331. The van der Waals surface area contributed by atoms with E-state index in [1.54, 1.807) is 36.4 Å². The van der Waals surface area contributed by atoms with Gasteiger partial charge in [0.05, 0.1) is 18.1 Å². The number of amides is 3.